The van der Waals surface area contributed by atoms with Gasteiger partial charge in [-0.05, 0) is 24.5 Å². The average molecular weight is 216 g/mol. The van der Waals surface area contributed by atoms with Crippen molar-refractivity contribution in [1.82, 2.24) is 0 Å². The first kappa shape index (κ1) is 12.4. The molecule has 0 spiro atoms. The third kappa shape index (κ3) is 4.71. The van der Waals surface area contributed by atoms with E-state index in [1.54, 1.807) is 19.1 Å². The number of carbonyl (C=O) groups excluding carboxylic acids is 1. The molecule has 0 aliphatic rings. The number of aldehydes is 1. The smallest absolute Gasteiger partial charge is 0.145 e. The molecule has 84 valence electrons. The molecule has 1 aromatic carbocycles. The highest BCUT2D eigenvalue weighted by atomic mass is 16.3. The van der Waals surface area contributed by atoms with E-state index >= 15 is 0 Å². The lowest BCUT2D eigenvalue weighted by Crippen LogP contribution is -1.99. The second-order valence-corrected chi connectivity index (χ2v) is 3.64. The summed E-state index contributed by atoms with van der Waals surface area (Å²) >= 11 is 0. The first-order valence-electron chi connectivity index (χ1n) is 5.25. The molecule has 0 amide bonds. The van der Waals surface area contributed by atoms with E-state index in [0.29, 0.717) is 12.0 Å². The van der Waals surface area contributed by atoms with Gasteiger partial charge in [0.15, 0.2) is 0 Å². The van der Waals surface area contributed by atoms with Gasteiger partial charge in [0.2, 0.25) is 0 Å². The summed E-state index contributed by atoms with van der Waals surface area (Å²) in [5.41, 5.74) is 1.70. The molecule has 2 heteroatoms. The highest BCUT2D eigenvalue weighted by Crippen LogP contribution is 2.04. The van der Waals surface area contributed by atoms with E-state index in [4.69, 9.17) is 0 Å². The lowest BCUT2D eigenvalue weighted by Gasteiger charge is -2.01. The second-order valence-electron chi connectivity index (χ2n) is 3.64. The fourth-order valence-corrected chi connectivity index (χ4v) is 1.22. The minimum atomic E-state index is -0.546. The summed E-state index contributed by atoms with van der Waals surface area (Å²) < 4.78 is 0. The van der Waals surface area contributed by atoms with Gasteiger partial charge >= 0.3 is 0 Å². The largest absolute Gasteiger partial charge is 0.389 e. The van der Waals surface area contributed by atoms with E-state index in [0.717, 1.165) is 11.8 Å². The minimum absolute atomic E-state index is 0.466. The molecule has 1 N–H and O–H groups in total. The van der Waals surface area contributed by atoms with Crippen LogP contribution in [-0.4, -0.2) is 17.5 Å². The molecule has 0 aliphatic heterocycles. The molecule has 1 rings (SSSR count). The van der Waals surface area contributed by atoms with Crippen LogP contribution in [0.5, 0.6) is 0 Å². The maximum Gasteiger partial charge on any atom is 0.145 e. The number of allylic oxidation sites excluding steroid dienone is 1. The van der Waals surface area contributed by atoms with Crippen molar-refractivity contribution < 1.29 is 9.90 Å². The van der Waals surface area contributed by atoms with Crippen LogP contribution >= 0.6 is 0 Å². The fourth-order valence-electron chi connectivity index (χ4n) is 1.22. The Morgan fingerprint density at radius 1 is 1.38 bits per heavy atom. The Kier molecular flexibility index (Phi) is 5.23. The summed E-state index contributed by atoms with van der Waals surface area (Å²) in [5, 5.41) is 9.61. The fraction of sp³-hybridized carbons (Fsp3) is 0.214. The average Bonchev–Trinajstić information content (AvgIpc) is 2.34. The van der Waals surface area contributed by atoms with Crippen LogP contribution in [0.25, 0.3) is 6.08 Å². The molecule has 2 nitrogen and oxygen atoms in total. The van der Waals surface area contributed by atoms with Crippen molar-refractivity contribution in [3.8, 4) is 0 Å². The molecule has 1 atom stereocenters. The van der Waals surface area contributed by atoms with Gasteiger partial charge in [0, 0.05) is 0 Å². The van der Waals surface area contributed by atoms with E-state index < -0.39 is 6.10 Å². The van der Waals surface area contributed by atoms with Gasteiger partial charge in [-0.3, -0.25) is 4.79 Å². The van der Waals surface area contributed by atoms with Crippen molar-refractivity contribution in [2.24, 2.45) is 0 Å². The number of hydrogen-bond acceptors (Lipinski definition) is 2. The quantitative estimate of drug-likeness (QED) is 0.606. The predicted octanol–water partition coefficient (Wildman–Crippen LogP) is 2.60. The molecule has 0 aliphatic carbocycles. The van der Waals surface area contributed by atoms with E-state index in [-0.39, 0.29) is 0 Å². The predicted molar refractivity (Wildman–Crippen MR) is 65.9 cm³/mol. The molecule has 16 heavy (non-hydrogen) atoms. The third-order valence-corrected chi connectivity index (χ3v) is 2.18. The van der Waals surface area contributed by atoms with Crippen LogP contribution in [-0.2, 0) is 4.79 Å². The molecule has 0 saturated carbocycles. The van der Waals surface area contributed by atoms with Crippen molar-refractivity contribution in [3.05, 3.63) is 53.6 Å². The summed E-state index contributed by atoms with van der Waals surface area (Å²) in [6.07, 6.45) is 6.03. The highest BCUT2D eigenvalue weighted by molar-refractivity contribution is 5.71. The van der Waals surface area contributed by atoms with Crippen molar-refractivity contribution in [2.45, 2.75) is 19.4 Å². The van der Waals surface area contributed by atoms with E-state index in [1.807, 2.05) is 36.4 Å². The van der Waals surface area contributed by atoms with Crippen LogP contribution in [0.2, 0.25) is 0 Å². The Morgan fingerprint density at radius 2 is 2.06 bits per heavy atom. The zero-order chi connectivity index (χ0) is 11.8. The monoisotopic (exact) mass is 216 g/mol. The molecule has 1 aromatic rings. The van der Waals surface area contributed by atoms with E-state index in [2.05, 4.69) is 0 Å². The number of carbonyl (C=O) groups is 1. The number of aliphatic hydroxyl groups excluding tert-OH is 1. The summed E-state index contributed by atoms with van der Waals surface area (Å²) in [6.45, 7) is 1.72. The van der Waals surface area contributed by atoms with Gasteiger partial charge in [-0.1, -0.05) is 48.6 Å². The summed E-state index contributed by atoms with van der Waals surface area (Å²) in [5.74, 6) is 0. The minimum Gasteiger partial charge on any atom is -0.389 e. The first-order chi connectivity index (χ1) is 7.72. The van der Waals surface area contributed by atoms with Crippen molar-refractivity contribution in [3.63, 3.8) is 0 Å². The van der Waals surface area contributed by atoms with Gasteiger partial charge in [-0.2, -0.15) is 0 Å². The van der Waals surface area contributed by atoms with Crippen LogP contribution in [0.1, 0.15) is 18.9 Å². The summed E-state index contributed by atoms with van der Waals surface area (Å²) in [4.78, 5) is 10.3. The lowest BCUT2D eigenvalue weighted by molar-refractivity contribution is -0.104. The Balaban J connectivity index is 2.48. The Morgan fingerprint density at radius 3 is 2.69 bits per heavy atom. The molecule has 0 heterocycles. The van der Waals surface area contributed by atoms with Crippen LogP contribution in [0, 0.1) is 0 Å². The SMILES string of the molecule is C/C(C=O)=C\CC(O)/C=C/c1ccccc1. The van der Waals surface area contributed by atoms with Gasteiger partial charge in [0.1, 0.15) is 6.29 Å². The van der Waals surface area contributed by atoms with Crippen LogP contribution in [0.4, 0.5) is 0 Å². The molecule has 1 unspecified atom stereocenters. The molecular weight excluding hydrogens is 200 g/mol. The second kappa shape index (κ2) is 6.75. The standard InChI is InChI=1S/C14H16O2/c1-12(11-15)7-9-14(16)10-8-13-5-3-2-4-6-13/h2-8,10-11,14,16H,9H2,1H3/b10-8+,12-7+. The first-order valence-corrected chi connectivity index (χ1v) is 5.25. The van der Waals surface area contributed by atoms with Gasteiger partial charge in [-0.15, -0.1) is 0 Å². The third-order valence-electron chi connectivity index (χ3n) is 2.18. The van der Waals surface area contributed by atoms with Gasteiger partial charge < -0.3 is 5.11 Å². The van der Waals surface area contributed by atoms with Crippen molar-refractivity contribution in [2.75, 3.05) is 0 Å². The van der Waals surface area contributed by atoms with Crippen LogP contribution in [0.15, 0.2) is 48.1 Å². The molecule has 0 bridgehead atoms. The zero-order valence-electron chi connectivity index (χ0n) is 9.34. The molecular formula is C14H16O2. The molecule has 0 radical (unpaired) electrons. The number of hydrogen-bond donors (Lipinski definition) is 1. The van der Waals surface area contributed by atoms with E-state index in [9.17, 15) is 9.90 Å². The zero-order valence-corrected chi connectivity index (χ0v) is 9.34. The Labute approximate surface area is 95.9 Å². The van der Waals surface area contributed by atoms with Gasteiger partial charge in [-0.25, -0.2) is 0 Å². The topological polar surface area (TPSA) is 37.3 Å². The lowest BCUT2D eigenvalue weighted by atomic mass is 10.1. The van der Waals surface area contributed by atoms with E-state index in [1.165, 1.54) is 0 Å². The number of benzene rings is 1. The van der Waals surface area contributed by atoms with Gasteiger partial charge in [0.05, 0.1) is 6.10 Å². The number of rotatable bonds is 5. The normalized spacial score (nSPS) is 14.0. The molecule has 0 fully saturated rings. The van der Waals surface area contributed by atoms with Crippen molar-refractivity contribution >= 4 is 12.4 Å². The Hall–Kier alpha value is -1.67. The maximum absolute atomic E-state index is 10.3. The summed E-state index contributed by atoms with van der Waals surface area (Å²) in [6, 6.07) is 9.78. The highest BCUT2D eigenvalue weighted by Gasteiger charge is 1.96. The van der Waals surface area contributed by atoms with Crippen molar-refractivity contribution in [1.29, 1.82) is 0 Å². The molecule has 0 saturated heterocycles. The van der Waals surface area contributed by atoms with Gasteiger partial charge in [0.25, 0.3) is 0 Å². The van der Waals surface area contributed by atoms with Crippen LogP contribution < -0.4 is 0 Å². The summed E-state index contributed by atoms with van der Waals surface area (Å²) in [7, 11) is 0. The number of aliphatic hydroxyl groups is 1. The maximum atomic E-state index is 10.3. The van der Waals surface area contributed by atoms with Crippen LogP contribution in [0.3, 0.4) is 0 Å². The Bertz CT molecular complexity index is 377. The molecule has 0 aromatic heterocycles.